The lowest BCUT2D eigenvalue weighted by molar-refractivity contribution is 0.273. The average molecular weight is 563 g/mol. The number of aromatic nitrogens is 1. The Bertz CT molecular complexity index is 1360. The number of unbranched alkanes of at least 4 members (excludes halogenated alkanes) is 2. The summed E-state index contributed by atoms with van der Waals surface area (Å²) in [6, 6.07) is 7.37. The Morgan fingerprint density at radius 1 is 1.27 bits per heavy atom. The van der Waals surface area contributed by atoms with Gasteiger partial charge in [-0.25, -0.2) is 15.0 Å². The van der Waals surface area contributed by atoms with Crippen molar-refractivity contribution in [3.63, 3.8) is 0 Å². The van der Waals surface area contributed by atoms with Gasteiger partial charge in [0.05, 0.1) is 23.0 Å². The lowest BCUT2D eigenvalue weighted by Gasteiger charge is -2.25. The highest BCUT2D eigenvalue weighted by molar-refractivity contribution is 6.32. The summed E-state index contributed by atoms with van der Waals surface area (Å²) in [6.07, 6.45) is 12.7. The number of ether oxygens (including phenoxy) is 2. The second kappa shape index (κ2) is 13.5. The highest BCUT2D eigenvalue weighted by atomic mass is 35.5. The molecule has 3 heterocycles. The highest BCUT2D eigenvalue weighted by Crippen LogP contribution is 2.34. The normalized spacial score (nSPS) is 18.6. The van der Waals surface area contributed by atoms with Gasteiger partial charge in [0.25, 0.3) is 0 Å². The Hall–Kier alpha value is -3.78. The number of hydrogen-bond donors (Lipinski definition) is 1. The van der Waals surface area contributed by atoms with E-state index < -0.39 is 0 Å². The maximum absolute atomic E-state index is 6.59. The molecule has 212 valence electrons. The molecular weight excluding hydrogens is 524 g/mol. The summed E-state index contributed by atoms with van der Waals surface area (Å²) >= 11 is 6.59. The number of anilines is 1. The largest absolute Gasteiger partial charge is 0.489 e. The lowest BCUT2D eigenvalue weighted by atomic mass is 10.1. The molecule has 8 nitrogen and oxygen atoms in total. The number of rotatable bonds is 9. The lowest BCUT2D eigenvalue weighted by Crippen LogP contribution is -2.30. The quantitative estimate of drug-likeness (QED) is 0.199. The summed E-state index contributed by atoms with van der Waals surface area (Å²) in [5, 5.41) is 6.50. The van der Waals surface area contributed by atoms with E-state index in [1.54, 1.807) is 23.4 Å². The average Bonchev–Trinajstić information content (AvgIpc) is 3.08. The molecule has 1 unspecified atom stereocenters. The van der Waals surface area contributed by atoms with Crippen LogP contribution in [0.15, 0.2) is 70.2 Å². The molecule has 0 saturated heterocycles. The van der Waals surface area contributed by atoms with Crippen molar-refractivity contribution in [2.45, 2.75) is 53.9 Å². The number of nitrogens with zero attached hydrogens (tertiary/aromatic N) is 5. The molecule has 0 aliphatic carbocycles. The first-order valence-electron chi connectivity index (χ1n) is 13.9. The first-order chi connectivity index (χ1) is 19.3. The first-order valence-corrected chi connectivity index (χ1v) is 14.3. The first kappa shape index (κ1) is 29.2. The van der Waals surface area contributed by atoms with Gasteiger partial charge < -0.3 is 20.1 Å². The van der Waals surface area contributed by atoms with Crippen LogP contribution in [0.2, 0.25) is 5.02 Å². The van der Waals surface area contributed by atoms with Crippen molar-refractivity contribution in [3.8, 4) is 11.5 Å². The minimum Gasteiger partial charge on any atom is -0.489 e. The van der Waals surface area contributed by atoms with E-state index in [2.05, 4.69) is 28.8 Å². The van der Waals surface area contributed by atoms with Gasteiger partial charge in [0.15, 0.2) is 11.6 Å². The molecule has 1 aromatic carbocycles. The molecule has 0 amide bonds. The van der Waals surface area contributed by atoms with E-state index in [1.165, 1.54) is 12.8 Å². The number of aliphatic imine (C=N–C) groups is 1. The zero-order valence-electron chi connectivity index (χ0n) is 24.0. The molecule has 0 bridgehead atoms. The fourth-order valence-corrected chi connectivity index (χ4v) is 4.84. The molecule has 2 aliphatic rings. The van der Waals surface area contributed by atoms with Crippen molar-refractivity contribution in [3.05, 3.63) is 76.4 Å². The topological polar surface area (TPSA) is 88.6 Å². The molecule has 2 aromatic rings. The molecule has 0 spiro atoms. The maximum atomic E-state index is 6.59. The monoisotopic (exact) mass is 562 g/mol. The van der Waals surface area contributed by atoms with Crippen LogP contribution in [-0.4, -0.2) is 41.7 Å². The van der Waals surface area contributed by atoms with Crippen LogP contribution < -0.4 is 20.1 Å². The molecule has 0 saturated carbocycles. The fraction of sp³-hybridized carbons (Fsp3) is 0.387. The molecule has 0 fully saturated rings. The Morgan fingerprint density at radius 2 is 2.10 bits per heavy atom. The van der Waals surface area contributed by atoms with Crippen molar-refractivity contribution >= 4 is 35.2 Å². The molecule has 9 heteroatoms. The van der Waals surface area contributed by atoms with Gasteiger partial charge in [-0.3, -0.25) is 0 Å². The molecule has 1 aromatic heterocycles. The minimum absolute atomic E-state index is 0.322. The maximum Gasteiger partial charge on any atom is 0.172 e. The molecule has 2 N–H and O–H groups in total. The molecule has 4 rings (SSSR count). The number of fused-ring (bicyclic) bond motifs is 1. The third-order valence-electron chi connectivity index (χ3n) is 6.65. The number of aryl methyl sites for hydroxylation is 1. The zero-order chi connectivity index (χ0) is 28.6. The predicted octanol–water partition coefficient (Wildman–Crippen LogP) is 7.11. The number of amidine groups is 1. The Labute approximate surface area is 242 Å². The Kier molecular flexibility index (Phi) is 9.88. The summed E-state index contributed by atoms with van der Waals surface area (Å²) in [7, 11) is 0. The van der Waals surface area contributed by atoms with Gasteiger partial charge in [-0.15, -0.1) is 0 Å². The van der Waals surface area contributed by atoms with Crippen molar-refractivity contribution in [2.75, 3.05) is 24.6 Å². The van der Waals surface area contributed by atoms with Crippen LogP contribution in [0, 0.1) is 12.8 Å². The van der Waals surface area contributed by atoms with Gasteiger partial charge in [0.2, 0.25) is 0 Å². The molecule has 40 heavy (non-hydrogen) atoms. The number of pyridine rings is 1. The van der Waals surface area contributed by atoms with Gasteiger partial charge in [0.1, 0.15) is 23.0 Å². The minimum atomic E-state index is 0.322. The van der Waals surface area contributed by atoms with E-state index in [-0.39, 0.29) is 0 Å². The van der Waals surface area contributed by atoms with Crippen molar-refractivity contribution < 1.29 is 9.47 Å². The van der Waals surface area contributed by atoms with Gasteiger partial charge in [-0.2, -0.15) is 5.10 Å². The zero-order valence-corrected chi connectivity index (χ0v) is 24.8. The van der Waals surface area contributed by atoms with Crippen LogP contribution >= 0.6 is 11.6 Å². The molecule has 1 atom stereocenters. The molecular formula is C31H39ClN6O2. The van der Waals surface area contributed by atoms with Crippen LogP contribution in [0.3, 0.4) is 0 Å². The number of hydrogen-bond acceptors (Lipinski definition) is 7. The smallest absolute Gasteiger partial charge is 0.172 e. The Morgan fingerprint density at radius 3 is 2.83 bits per heavy atom. The molecule has 0 radical (unpaired) electrons. The number of halogens is 1. The van der Waals surface area contributed by atoms with Crippen molar-refractivity contribution in [2.24, 2.45) is 21.7 Å². The van der Waals surface area contributed by atoms with Gasteiger partial charge in [0, 0.05) is 37.5 Å². The second-order valence-electron chi connectivity index (χ2n) is 10.1. The van der Waals surface area contributed by atoms with Crippen LogP contribution in [-0.2, 0) is 0 Å². The molecule has 2 aliphatic heterocycles. The standard InChI is InChI=1S/C31H39ClN6O2/c1-6-9-10-14-37-19-21(4)20-39-28-16-22(5)29(36-31(28)37)30(33)35-23-11-12-27(26(32)17-23)40-25-13-15-38(34-8-3)24(7-2)18-25/h7-8,11-13,15-18,21H,6,9-10,14,19-20H2,1-5H3,(H2,33,35)/b24-7+,34-8-. The van der Waals surface area contributed by atoms with E-state index >= 15 is 0 Å². The van der Waals surface area contributed by atoms with Gasteiger partial charge in [-0.05, 0) is 63.1 Å². The van der Waals surface area contributed by atoms with Gasteiger partial charge >= 0.3 is 0 Å². The van der Waals surface area contributed by atoms with Crippen LogP contribution in [0.5, 0.6) is 11.5 Å². The summed E-state index contributed by atoms with van der Waals surface area (Å²) in [4.78, 5) is 11.9. The van der Waals surface area contributed by atoms with Crippen molar-refractivity contribution in [1.82, 2.24) is 9.99 Å². The third kappa shape index (κ3) is 7.04. The number of benzene rings is 1. The predicted molar refractivity (Wildman–Crippen MR) is 165 cm³/mol. The van der Waals surface area contributed by atoms with E-state index in [0.717, 1.165) is 42.3 Å². The fourth-order valence-electron chi connectivity index (χ4n) is 4.63. The van der Waals surface area contributed by atoms with E-state index in [4.69, 9.17) is 31.8 Å². The van der Waals surface area contributed by atoms with E-state index in [0.29, 0.717) is 46.3 Å². The SMILES string of the molecule is C/C=N\N1C=CC(Oc2ccc(N=C(N)c3nc4c(cc3C)OCC(C)CN4CCCCC)cc2Cl)=C/C1=C\C. The van der Waals surface area contributed by atoms with Crippen molar-refractivity contribution in [1.29, 1.82) is 0 Å². The third-order valence-corrected chi connectivity index (χ3v) is 6.95. The van der Waals surface area contributed by atoms with Crippen LogP contribution in [0.1, 0.15) is 58.2 Å². The number of nitrogens with two attached hydrogens (primary N) is 1. The summed E-state index contributed by atoms with van der Waals surface area (Å²) in [5.41, 5.74) is 9.57. The highest BCUT2D eigenvalue weighted by Gasteiger charge is 2.24. The summed E-state index contributed by atoms with van der Waals surface area (Å²) in [5.74, 6) is 3.53. The van der Waals surface area contributed by atoms with E-state index in [1.807, 2.05) is 57.3 Å². The Balaban J connectivity index is 1.56. The summed E-state index contributed by atoms with van der Waals surface area (Å²) in [6.45, 7) is 12.7. The van der Waals surface area contributed by atoms with Crippen LogP contribution in [0.4, 0.5) is 11.5 Å². The van der Waals surface area contributed by atoms with Gasteiger partial charge in [-0.1, -0.05) is 44.4 Å². The number of allylic oxidation sites excluding steroid dienone is 3. The second-order valence-corrected chi connectivity index (χ2v) is 10.5. The van der Waals surface area contributed by atoms with Crippen LogP contribution in [0.25, 0.3) is 0 Å². The van der Waals surface area contributed by atoms with E-state index in [9.17, 15) is 0 Å². The number of hydrazone groups is 1. The summed E-state index contributed by atoms with van der Waals surface area (Å²) < 4.78 is 12.2.